The molecule has 1 heterocycles. The lowest BCUT2D eigenvalue weighted by molar-refractivity contribution is 0.0747. The first-order chi connectivity index (χ1) is 11.2. The zero-order valence-corrected chi connectivity index (χ0v) is 13.5. The summed E-state index contributed by atoms with van der Waals surface area (Å²) in [5, 5.41) is 0. The minimum atomic E-state index is 0.109. The van der Waals surface area contributed by atoms with Gasteiger partial charge < -0.3 is 15.5 Å². The largest absolute Gasteiger partial charge is 0.368 e. The van der Waals surface area contributed by atoms with Gasteiger partial charge in [0.25, 0.3) is 5.91 Å². The number of nitrogens with zero attached hydrogens (tertiary/aromatic N) is 2. The molecule has 0 atom stereocenters. The quantitative estimate of drug-likeness (QED) is 0.947. The number of carbonyl (C=O) groups excluding carboxylic acids is 1. The lowest BCUT2D eigenvalue weighted by Gasteiger charge is -2.36. The molecule has 0 aromatic heterocycles. The lowest BCUT2D eigenvalue weighted by Crippen LogP contribution is -2.48. The summed E-state index contributed by atoms with van der Waals surface area (Å²) in [5.41, 5.74) is 9.89. The summed E-state index contributed by atoms with van der Waals surface area (Å²) in [5.74, 6) is 0.109. The zero-order chi connectivity index (χ0) is 16.2. The van der Waals surface area contributed by atoms with E-state index in [1.807, 2.05) is 29.2 Å². The van der Waals surface area contributed by atoms with Crippen LogP contribution in [-0.4, -0.2) is 37.0 Å². The molecule has 0 spiro atoms. The van der Waals surface area contributed by atoms with Crippen LogP contribution in [0.15, 0.2) is 48.5 Å². The summed E-state index contributed by atoms with van der Waals surface area (Å²) in [6.45, 7) is 5.86. The van der Waals surface area contributed by atoms with Gasteiger partial charge in [0.05, 0.1) is 0 Å². The SMILES string of the molecule is Cc1cccc(N2CCN(C(=O)c3ccc(CN)cc3)CC2)c1. The second-order valence-electron chi connectivity index (χ2n) is 6.02. The highest BCUT2D eigenvalue weighted by Crippen LogP contribution is 2.18. The lowest BCUT2D eigenvalue weighted by atomic mass is 10.1. The van der Waals surface area contributed by atoms with Gasteiger partial charge in [0.1, 0.15) is 0 Å². The molecule has 1 saturated heterocycles. The molecule has 0 radical (unpaired) electrons. The number of piperazine rings is 1. The number of benzene rings is 2. The summed E-state index contributed by atoms with van der Waals surface area (Å²) < 4.78 is 0. The number of hydrogen-bond acceptors (Lipinski definition) is 3. The van der Waals surface area contributed by atoms with Gasteiger partial charge in [-0.05, 0) is 42.3 Å². The van der Waals surface area contributed by atoms with Crippen molar-refractivity contribution in [3.63, 3.8) is 0 Å². The first-order valence-corrected chi connectivity index (χ1v) is 8.07. The maximum absolute atomic E-state index is 12.6. The third-order valence-corrected chi connectivity index (χ3v) is 4.37. The van der Waals surface area contributed by atoms with Gasteiger partial charge in [-0.3, -0.25) is 4.79 Å². The van der Waals surface area contributed by atoms with E-state index in [1.54, 1.807) is 0 Å². The Morgan fingerprint density at radius 3 is 2.35 bits per heavy atom. The van der Waals surface area contributed by atoms with E-state index in [2.05, 4.69) is 36.1 Å². The fraction of sp³-hybridized carbons (Fsp3) is 0.316. The summed E-state index contributed by atoms with van der Waals surface area (Å²) in [4.78, 5) is 16.8. The second-order valence-corrected chi connectivity index (χ2v) is 6.02. The monoisotopic (exact) mass is 309 g/mol. The number of amides is 1. The molecule has 0 saturated carbocycles. The molecule has 3 rings (SSSR count). The Hall–Kier alpha value is -2.33. The molecule has 2 N–H and O–H groups in total. The molecule has 4 nitrogen and oxygen atoms in total. The summed E-state index contributed by atoms with van der Waals surface area (Å²) in [6, 6.07) is 16.1. The smallest absolute Gasteiger partial charge is 0.253 e. The van der Waals surface area contributed by atoms with Crippen molar-refractivity contribution in [1.82, 2.24) is 4.90 Å². The predicted octanol–water partition coefficient (Wildman–Crippen LogP) is 2.42. The summed E-state index contributed by atoms with van der Waals surface area (Å²) in [6.07, 6.45) is 0. The number of hydrogen-bond donors (Lipinski definition) is 1. The maximum Gasteiger partial charge on any atom is 0.253 e. The number of aryl methyl sites for hydroxylation is 1. The summed E-state index contributed by atoms with van der Waals surface area (Å²) >= 11 is 0. The predicted molar refractivity (Wildman–Crippen MR) is 93.6 cm³/mol. The Labute approximate surface area is 137 Å². The van der Waals surface area contributed by atoms with Gasteiger partial charge >= 0.3 is 0 Å². The topological polar surface area (TPSA) is 49.6 Å². The molecule has 1 aliphatic heterocycles. The standard InChI is InChI=1S/C19H23N3O/c1-15-3-2-4-18(13-15)21-9-11-22(12-10-21)19(23)17-7-5-16(14-20)6-8-17/h2-8,13H,9-12,14,20H2,1H3. The van der Waals surface area contributed by atoms with E-state index < -0.39 is 0 Å². The van der Waals surface area contributed by atoms with Crippen molar-refractivity contribution in [1.29, 1.82) is 0 Å². The van der Waals surface area contributed by atoms with Crippen LogP contribution in [-0.2, 0) is 6.54 Å². The molecule has 1 aliphatic rings. The van der Waals surface area contributed by atoms with Crippen molar-refractivity contribution in [2.45, 2.75) is 13.5 Å². The van der Waals surface area contributed by atoms with E-state index in [0.29, 0.717) is 6.54 Å². The Kier molecular flexibility index (Phi) is 4.63. The minimum Gasteiger partial charge on any atom is -0.368 e. The van der Waals surface area contributed by atoms with E-state index in [0.717, 1.165) is 37.3 Å². The first kappa shape index (κ1) is 15.6. The van der Waals surface area contributed by atoms with Crippen molar-refractivity contribution in [3.05, 3.63) is 65.2 Å². The van der Waals surface area contributed by atoms with Crippen LogP contribution in [0.25, 0.3) is 0 Å². The van der Waals surface area contributed by atoms with Gasteiger partial charge in [-0.1, -0.05) is 24.3 Å². The molecule has 120 valence electrons. The Bertz CT molecular complexity index is 673. The molecule has 0 unspecified atom stereocenters. The van der Waals surface area contributed by atoms with E-state index in [9.17, 15) is 4.79 Å². The van der Waals surface area contributed by atoms with Gasteiger partial charge in [-0.25, -0.2) is 0 Å². The summed E-state index contributed by atoms with van der Waals surface area (Å²) in [7, 11) is 0. The Morgan fingerprint density at radius 2 is 1.74 bits per heavy atom. The van der Waals surface area contributed by atoms with E-state index >= 15 is 0 Å². The molecule has 0 bridgehead atoms. The van der Waals surface area contributed by atoms with Gasteiger partial charge in [-0.2, -0.15) is 0 Å². The van der Waals surface area contributed by atoms with Crippen molar-refractivity contribution in [3.8, 4) is 0 Å². The number of nitrogens with two attached hydrogens (primary N) is 1. The highest BCUT2D eigenvalue weighted by molar-refractivity contribution is 5.94. The molecule has 1 amide bonds. The fourth-order valence-corrected chi connectivity index (χ4v) is 2.96. The number of anilines is 1. The second kappa shape index (κ2) is 6.84. The Balaban J connectivity index is 1.62. The van der Waals surface area contributed by atoms with Crippen LogP contribution in [0.2, 0.25) is 0 Å². The first-order valence-electron chi connectivity index (χ1n) is 8.07. The van der Waals surface area contributed by atoms with Crippen LogP contribution in [0.4, 0.5) is 5.69 Å². The number of rotatable bonds is 3. The van der Waals surface area contributed by atoms with E-state index in [1.165, 1.54) is 11.3 Å². The molecule has 2 aromatic carbocycles. The maximum atomic E-state index is 12.6. The van der Waals surface area contributed by atoms with Crippen LogP contribution in [0, 0.1) is 6.92 Å². The molecular formula is C19H23N3O. The highest BCUT2D eigenvalue weighted by atomic mass is 16.2. The van der Waals surface area contributed by atoms with Gasteiger partial charge in [0.15, 0.2) is 0 Å². The molecule has 1 fully saturated rings. The van der Waals surface area contributed by atoms with E-state index in [4.69, 9.17) is 5.73 Å². The Morgan fingerprint density at radius 1 is 1.04 bits per heavy atom. The van der Waals surface area contributed by atoms with Crippen LogP contribution in [0.3, 0.4) is 0 Å². The molecule has 23 heavy (non-hydrogen) atoms. The fourth-order valence-electron chi connectivity index (χ4n) is 2.96. The van der Waals surface area contributed by atoms with Crippen LogP contribution in [0.5, 0.6) is 0 Å². The normalized spacial score (nSPS) is 14.9. The van der Waals surface area contributed by atoms with Crippen molar-refractivity contribution in [2.75, 3.05) is 31.1 Å². The van der Waals surface area contributed by atoms with Gasteiger partial charge in [-0.15, -0.1) is 0 Å². The third kappa shape index (κ3) is 3.54. The van der Waals surface area contributed by atoms with Crippen LogP contribution in [0.1, 0.15) is 21.5 Å². The molecular weight excluding hydrogens is 286 g/mol. The average Bonchev–Trinajstić information content (AvgIpc) is 2.61. The van der Waals surface area contributed by atoms with Crippen molar-refractivity contribution >= 4 is 11.6 Å². The molecule has 0 aliphatic carbocycles. The minimum absolute atomic E-state index is 0.109. The highest BCUT2D eigenvalue weighted by Gasteiger charge is 2.22. The van der Waals surface area contributed by atoms with E-state index in [-0.39, 0.29) is 5.91 Å². The third-order valence-electron chi connectivity index (χ3n) is 4.37. The number of carbonyl (C=O) groups is 1. The van der Waals surface area contributed by atoms with Crippen LogP contribution >= 0.6 is 0 Å². The van der Waals surface area contributed by atoms with Gasteiger partial charge in [0.2, 0.25) is 0 Å². The molecule has 4 heteroatoms. The van der Waals surface area contributed by atoms with Crippen LogP contribution < -0.4 is 10.6 Å². The average molecular weight is 309 g/mol. The van der Waals surface area contributed by atoms with Crippen molar-refractivity contribution in [2.24, 2.45) is 5.73 Å². The van der Waals surface area contributed by atoms with Gasteiger partial charge in [0, 0.05) is 44.0 Å². The molecule has 2 aromatic rings. The zero-order valence-electron chi connectivity index (χ0n) is 13.5. The van der Waals surface area contributed by atoms with Crippen molar-refractivity contribution < 1.29 is 4.79 Å².